The van der Waals surface area contributed by atoms with E-state index in [0.29, 0.717) is 17.1 Å². The first-order valence-corrected chi connectivity index (χ1v) is 6.56. The summed E-state index contributed by atoms with van der Waals surface area (Å²) < 4.78 is 40.5. The maximum Gasteiger partial charge on any atom is 0.422 e. The van der Waals surface area contributed by atoms with Gasteiger partial charge in [0.25, 0.3) is 0 Å². The maximum absolute atomic E-state index is 12.0. The summed E-state index contributed by atoms with van der Waals surface area (Å²) in [5.41, 5.74) is 1.12. The van der Waals surface area contributed by atoms with Crippen molar-refractivity contribution in [1.29, 1.82) is 0 Å². The van der Waals surface area contributed by atoms with E-state index in [-0.39, 0.29) is 6.01 Å². The maximum atomic E-state index is 12.0. The second-order valence-electron chi connectivity index (χ2n) is 4.37. The minimum Gasteiger partial charge on any atom is -0.454 e. The summed E-state index contributed by atoms with van der Waals surface area (Å²) in [4.78, 5) is 15.6. The van der Waals surface area contributed by atoms with E-state index in [1.165, 1.54) is 18.7 Å². The molecule has 118 valence electrons. The van der Waals surface area contributed by atoms with Gasteiger partial charge in [-0.15, -0.1) is 0 Å². The van der Waals surface area contributed by atoms with Gasteiger partial charge in [0.05, 0.1) is 5.69 Å². The molecular formula is C13H14F3N5O. The van der Waals surface area contributed by atoms with Crippen LogP contribution in [-0.4, -0.2) is 39.3 Å². The molecule has 1 N–H and O–H groups in total. The van der Waals surface area contributed by atoms with Crippen molar-refractivity contribution < 1.29 is 17.9 Å². The molecule has 0 fully saturated rings. The molecule has 22 heavy (non-hydrogen) atoms. The van der Waals surface area contributed by atoms with Gasteiger partial charge in [-0.05, 0) is 6.42 Å². The summed E-state index contributed by atoms with van der Waals surface area (Å²) in [7, 11) is 0. The molecule has 0 spiro atoms. The Hall–Kier alpha value is -2.45. The molecule has 0 amide bonds. The van der Waals surface area contributed by atoms with E-state index in [0.717, 1.165) is 13.0 Å². The zero-order chi connectivity index (χ0) is 16.0. The van der Waals surface area contributed by atoms with Crippen molar-refractivity contribution in [2.45, 2.75) is 19.5 Å². The number of nitrogens with zero attached hydrogens (tertiary/aromatic N) is 4. The second kappa shape index (κ2) is 7.01. The van der Waals surface area contributed by atoms with Gasteiger partial charge in [-0.2, -0.15) is 13.2 Å². The number of alkyl halides is 3. The van der Waals surface area contributed by atoms with Crippen LogP contribution in [0.4, 0.5) is 19.0 Å². The third kappa shape index (κ3) is 4.83. The highest BCUT2D eigenvalue weighted by atomic mass is 19.4. The van der Waals surface area contributed by atoms with Gasteiger partial charge in [-0.1, -0.05) is 6.92 Å². The van der Waals surface area contributed by atoms with Gasteiger partial charge in [0.2, 0.25) is 0 Å². The molecule has 2 heterocycles. The SMILES string of the molecule is CCCNc1cc(-c2cnc(OCC(F)(F)F)nc2)ncn1. The molecule has 6 nitrogen and oxygen atoms in total. The molecule has 0 radical (unpaired) electrons. The Labute approximate surface area is 124 Å². The average Bonchev–Trinajstić information content (AvgIpc) is 2.51. The standard InChI is InChI=1S/C13H14F3N5O/c1-2-3-17-11-4-10(20-8-21-11)9-5-18-12(19-6-9)22-7-13(14,15)16/h4-6,8H,2-3,7H2,1H3,(H,17,20,21). The van der Waals surface area contributed by atoms with Crippen LogP contribution in [0.3, 0.4) is 0 Å². The molecule has 0 saturated carbocycles. The molecule has 0 aliphatic heterocycles. The van der Waals surface area contributed by atoms with Crippen molar-refractivity contribution in [2.24, 2.45) is 0 Å². The molecule has 2 aromatic rings. The van der Waals surface area contributed by atoms with Crippen LogP contribution in [0.5, 0.6) is 6.01 Å². The van der Waals surface area contributed by atoms with Crippen LogP contribution >= 0.6 is 0 Å². The fraction of sp³-hybridized carbons (Fsp3) is 0.385. The quantitative estimate of drug-likeness (QED) is 0.884. The summed E-state index contributed by atoms with van der Waals surface area (Å²) >= 11 is 0. The Bertz CT molecular complexity index is 603. The highest BCUT2D eigenvalue weighted by Crippen LogP contribution is 2.19. The van der Waals surface area contributed by atoms with Crippen molar-refractivity contribution in [3.63, 3.8) is 0 Å². The van der Waals surface area contributed by atoms with E-state index < -0.39 is 12.8 Å². The lowest BCUT2D eigenvalue weighted by molar-refractivity contribution is -0.154. The molecule has 0 unspecified atom stereocenters. The fourth-order valence-corrected chi connectivity index (χ4v) is 1.53. The summed E-state index contributed by atoms with van der Waals surface area (Å²) in [6, 6.07) is 1.38. The number of halogens is 3. The molecule has 2 aromatic heterocycles. The van der Waals surface area contributed by atoms with E-state index in [9.17, 15) is 13.2 Å². The van der Waals surface area contributed by atoms with Crippen LogP contribution in [0.2, 0.25) is 0 Å². The minimum atomic E-state index is -4.42. The van der Waals surface area contributed by atoms with Crippen molar-refractivity contribution in [2.75, 3.05) is 18.5 Å². The zero-order valence-corrected chi connectivity index (χ0v) is 11.8. The van der Waals surface area contributed by atoms with Crippen molar-refractivity contribution in [1.82, 2.24) is 19.9 Å². The Morgan fingerprint density at radius 1 is 1.14 bits per heavy atom. The number of hydrogen-bond acceptors (Lipinski definition) is 6. The molecule has 0 aliphatic carbocycles. The summed E-state index contributed by atoms with van der Waals surface area (Å²) in [5.74, 6) is 0.657. The lowest BCUT2D eigenvalue weighted by Gasteiger charge is -2.08. The van der Waals surface area contributed by atoms with Crippen LogP contribution in [0.25, 0.3) is 11.3 Å². The molecule has 0 aromatic carbocycles. The van der Waals surface area contributed by atoms with Gasteiger partial charge in [0.15, 0.2) is 6.61 Å². The first kappa shape index (κ1) is 15.9. The highest BCUT2D eigenvalue weighted by Gasteiger charge is 2.28. The van der Waals surface area contributed by atoms with E-state index >= 15 is 0 Å². The molecule has 0 aliphatic rings. The summed E-state index contributed by atoms with van der Waals surface area (Å²) in [6.45, 7) is 1.38. The predicted octanol–water partition coefficient (Wildman–Crippen LogP) is 2.70. The van der Waals surface area contributed by atoms with Crippen LogP contribution in [0.15, 0.2) is 24.8 Å². The number of aromatic nitrogens is 4. The van der Waals surface area contributed by atoms with Gasteiger partial charge in [-0.3, -0.25) is 0 Å². The van der Waals surface area contributed by atoms with Crippen LogP contribution in [0, 0.1) is 0 Å². The van der Waals surface area contributed by atoms with E-state index in [4.69, 9.17) is 0 Å². The van der Waals surface area contributed by atoms with Crippen LogP contribution in [-0.2, 0) is 0 Å². The molecule has 2 rings (SSSR count). The Kier molecular flexibility index (Phi) is 5.08. The summed E-state index contributed by atoms with van der Waals surface area (Å²) in [6.07, 6.45) is 0.624. The topological polar surface area (TPSA) is 72.8 Å². The van der Waals surface area contributed by atoms with Crippen LogP contribution in [0.1, 0.15) is 13.3 Å². The number of ether oxygens (including phenoxy) is 1. The highest BCUT2D eigenvalue weighted by molar-refractivity contribution is 5.60. The van der Waals surface area contributed by atoms with Crippen molar-refractivity contribution >= 4 is 5.82 Å². The Balaban J connectivity index is 2.06. The average molecular weight is 313 g/mol. The number of rotatable bonds is 6. The molecule has 0 saturated heterocycles. The third-order valence-corrected chi connectivity index (χ3v) is 2.51. The Morgan fingerprint density at radius 2 is 1.86 bits per heavy atom. The smallest absolute Gasteiger partial charge is 0.422 e. The second-order valence-corrected chi connectivity index (χ2v) is 4.37. The number of nitrogens with one attached hydrogen (secondary N) is 1. The number of hydrogen-bond donors (Lipinski definition) is 1. The fourth-order valence-electron chi connectivity index (χ4n) is 1.53. The third-order valence-electron chi connectivity index (χ3n) is 2.51. The normalized spacial score (nSPS) is 11.3. The van der Waals surface area contributed by atoms with Gasteiger partial charge in [-0.25, -0.2) is 19.9 Å². The lowest BCUT2D eigenvalue weighted by Crippen LogP contribution is -2.20. The molecule has 0 atom stereocenters. The number of anilines is 1. The Morgan fingerprint density at radius 3 is 2.50 bits per heavy atom. The van der Waals surface area contributed by atoms with Gasteiger partial charge < -0.3 is 10.1 Å². The first-order valence-electron chi connectivity index (χ1n) is 6.56. The van der Waals surface area contributed by atoms with Gasteiger partial charge >= 0.3 is 12.2 Å². The predicted molar refractivity (Wildman–Crippen MR) is 73.4 cm³/mol. The van der Waals surface area contributed by atoms with Crippen LogP contribution < -0.4 is 10.1 Å². The molecular weight excluding hydrogens is 299 g/mol. The van der Waals surface area contributed by atoms with E-state index in [2.05, 4.69) is 30.0 Å². The molecule has 9 heteroatoms. The molecule has 0 bridgehead atoms. The first-order chi connectivity index (χ1) is 10.5. The van der Waals surface area contributed by atoms with Crippen molar-refractivity contribution in [3.8, 4) is 17.3 Å². The van der Waals surface area contributed by atoms with Gasteiger partial charge in [0, 0.05) is 30.6 Å². The summed E-state index contributed by atoms with van der Waals surface area (Å²) in [5, 5.41) is 3.11. The van der Waals surface area contributed by atoms with E-state index in [1.807, 2.05) is 6.92 Å². The minimum absolute atomic E-state index is 0.334. The zero-order valence-electron chi connectivity index (χ0n) is 11.8. The van der Waals surface area contributed by atoms with Gasteiger partial charge in [0.1, 0.15) is 12.1 Å². The monoisotopic (exact) mass is 313 g/mol. The van der Waals surface area contributed by atoms with E-state index in [1.54, 1.807) is 6.07 Å². The largest absolute Gasteiger partial charge is 0.454 e. The lowest BCUT2D eigenvalue weighted by atomic mass is 10.2. The van der Waals surface area contributed by atoms with Crippen molar-refractivity contribution in [3.05, 3.63) is 24.8 Å².